The van der Waals surface area contributed by atoms with E-state index in [0.717, 1.165) is 6.42 Å². The summed E-state index contributed by atoms with van der Waals surface area (Å²) in [6.45, 7) is 0. The van der Waals surface area contributed by atoms with Crippen LogP contribution in [0.15, 0.2) is 48.6 Å². The van der Waals surface area contributed by atoms with Gasteiger partial charge in [0.2, 0.25) is 0 Å². The summed E-state index contributed by atoms with van der Waals surface area (Å²) < 4.78 is 0. The molecule has 0 nitrogen and oxygen atoms in total. The van der Waals surface area contributed by atoms with Crippen molar-refractivity contribution in [1.29, 1.82) is 0 Å². The third kappa shape index (κ3) is 1.42. The van der Waals surface area contributed by atoms with Gasteiger partial charge in [-0.25, -0.2) is 0 Å². The highest BCUT2D eigenvalue weighted by molar-refractivity contribution is 5.31. The molecule has 0 fully saturated rings. The van der Waals surface area contributed by atoms with Crippen LogP contribution in [0.3, 0.4) is 0 Å². The van der Waals surface area contributed by atoms with Crippen LogP contribution in [0.4, 0.5) is 0 Å². The molecule has 0 aliphatic heterocycles. The van der Waals surface area contributed by atoms with Crippen LogP contribution in [0.1, 0.15) is 19.3 Å². The van der Waals surface area contributed by atoms with Gasteiger partial charge >= 0.3 is 0 Å². The van der Waals surface area contributed by atoms with Crippen molar-refractivity contribution in [3.8, 4) is 0 Å². The summed E-state index contributed by atoms with van der Waals surface area (Å²) in [5.74, 6) is 0. The molecule has 0 heterocycles. The SMILES string of the molecule is C1=CC2(C=C1)C=CCC=CCC2. The minimum absolute atomic E-state index is 0.255. The third-order valence-electron chi connectivity index (χ3n) is 2.54. The lowest BCUT2D eigenvalue weighted by molar-refractivity contribution is 0.574. The molecule has 2 rings (SSSR count). The Morgan fingerprint density at radius 3 is 2.50 bits per heavy atom. The largest absolute Gasteiger partial charge is 0.0882 e. The summed E-state index contributed by atoms with van der Waals surface area (Å²) in [6.07, 6.45) is 21.5. The molecule has 0 heteroatoms. The van der Waals surface area contributed by atoms with Crippen LogP contribution < -0.4 is 0 Å². The van der Waals surface area contributed by atoms with Crippen molar-refractivity contribution in [2.75, 3.05) is 0 Å². The van der Waals surface area contributed by atoms with Crippen LogP contribution in [-0.2, 0) is 0 Å². The first kappa shape index (κ1) is 7.60. The Morgan fingerprint density at radius 2 is 1.67 bits per heavy atom. The van der Waals surface area contributed by atoms with E-state index in [2.05, 4.69) is 48.6 Å². The molecule has 2 aliphatic rings. The number of hydrogen-bond donors (Lipinski definition) is 0. The molecule has 12 heavy (non-hydrogen) atoms. The van der Waals surface area contributed by atoms with Gasteiger partial charge < -0.3 is 0 Å². The summed E-state index contributed by atoms with van der Waals surface area (Å²) in [6, 6.07) is 0. The van der Waals surface area contributed by atoms with Gasteiger partial charge in [-0.2, -0.15) is 0 Å². The van der Waals surface area contributed by atoms with E-state index in [4.69, 9.17) is 0 Å². The van der Waals surface area contributed by atoms with Crippen molar-refractivity contribution < 1.29 is 0 Å². The first-order chi connectivity index (χ1) is 5.91. The zero-order valence-corrected chi connectivity index (χ0v) is 7.24. The lowest BCUT2D eigenvalue weighted by Crippen LogP contribution is -2.09. The maximum Gasteiger partial charge on any atom is 0.0251 e. The second-order valence-corrected chi connectivity index (χ2v) is 3.48. The Kier molecular flexibility index (Phi) is 1.99. The summed E-state index contributed by atoms with van der Waals surface area (Å²) in [5, 5.41) is 0. The second kappa shape index (κ2) is 3.14. The lowest BCUT2D eigenvalue weighted by Gasteiger charge is -2.21. The molecule has 62 valence electrons. The van der Waals surface area contributed by atoms with E-state index in [1.165, 1.54) is 12.8 Å². The average Bonchev–Trinajstić information content (AvgIpc) is 2.47. The molecule has 0 amide bonds. The first-order valence-electron chi connectivity index (χ1n) is 4.61. The Bertz CT molecular complexity index is 252. The number of allylic oxidation sites excluding steroid dienone is 8. The Morgan fingerprint density at radius 1 is 0.833 bits per heavy atom. The fourth-order valence-corrected chi connectivity index (χ4v) is 1.80. The molecule has 1 spiro atoms. The Balaban J connectivity index is 2.20. The molecule has 0 aromatic heterocycles. The highest BCUT2D eigenvalue weighted by Crippen LogP contribution is 2.34. The van der Waals surface area contributed by atoms with Gasteiger partial charge in [0.15, 0.2) is 0 Å². The maximum atomic E-state index is 2.33. The smallest absolute Gasteiger partial charge is 0.0251 e. The zero-order chi connectivity index (χ0) is 8.28. The van der Waals surface area contributed by atoms with Gasteiger partial charge in [0.1, 0.15) is 0 Å². The molecule has 0 aromatic rings. The van der Waals surface area contributed by atoms with Crippen LogP contribution in [0.25, 0.3) is 0 Å². The van der Waals surface area contributed by atoms with E-state index in [9.17, 15) is 0 Å². The highest BCUT2D eigenvalue weighted by atomic mass is 14.2. The monoisotopic (exact) mass is 158 g/mol. The number of hydrogen-bond acceptors (Lipinski definition) is 0. The van der Waals surface area contributed by atoms with E-state index in [0.29, 0.717) is 0 Å². The Hall–Kier alpha value is -1.04. The molecule has 0 N–H and O–H groups in total. The average molecular weight is 158 g/mol. The summed E-state index contributed by atoms with van der Waals surface area (Å²) in [5.41, 5.74) is 0.255. The molecule has 0 radical (unpaired) electrons. The van der Waals surface area contributed by atoms with Gasteiger partial charge in [0.05, 0.1) is 0 Å². The fourth-order valence-electron chi connectivity index (χ4n) is 1.80. The van der Waals surface area contributed by atoms with E-state index < -0.39 is 0 Å². The molecular formula is C12H14. The minimum Gasteiger partial charge on any atom is -0.0882 e. The van der Waals surface area contributed by atoms with E-state index in [1.54, 1.807) is 0 Å². The quantitative estimate of drug-likeness (QED) is 0.474. The summed E-state index contributed by atoms with van der Waals surface area (Å²) >= 11 is 0. The predicted molar refractivity (Wildman–Crippen MR) is 52.8 cm³/mol. The van der Waals surface area contributed by atoms with E-state index in [1.807, 2.05) is 0 Å². The topological polar surface area (TPSA) is 0 Å². The molecule has 0 bridgehead atoms. The van der Waals surface area contributed by atoms with Crippen molar-refractivity contribution in [2.24, 2.45) is 5.41 Å². The normalized spacial score (nSPS) is 24.7. The van der Waals surface area contributed by atoms with Gasteiger partial charge in [0.25, 0.3) is 0 Å². The Labute approximate surface area is 74.0 Å². The molecule has 0 aromatic carbocycles. The molecule has 0 unspecified atom stereocenters. The van der Waals surface area contributed by atoms with Gasteiger partial charge in [-0.1, -0.05) is 48.6 Å². The third-order valence-corrected chi connectivity index (χ3v) is 2.54. The van der Waals surface area contributed by atoms with Crippen molar-refractivity contribution in [3.05, 3.63) is 48.6 Å². The molecule has 0 saturated heterocycles. The lowest BCUT2D eigenvalue weighted by atomic mass is 9.83. The van der Waals surface area contributed by atoms with E-state index >= 15 is 0 Å². The highest BCUT2D eigenvalue weighted by Gasteiger charge is 2.21. The zero-order valence-electron chi connectivity index (χ0n) is 7.24. The van der Waals surface area contributed by atoms with Crippen LogP contribution in [0.2, 0.25) is 0 Å². The van der Waals surface area contributed by atoms with Crippen molar-refractivity contribution in [3.63, 3.8) is 0 Å². The molecule has 2 aliphatic carbocycles. The predicted octanol–water partition coefficient (Wildman–Crippen LogP) is 3.40. The van der Waals surface area contributed by atoms with Gasteiger partial charge in [-0.05, 0) is 19.3 Å². The summed E-state index contributed by atoms with van der Waals surface area (Å²) in [4.78, 5) is 0. The van der Waals surface area contributed by atoms with Crippen LogP contribution in [0, 0.1) is 5.41 Å². The molecule has 0 atom stereocenters. The van der Waals surface area contributed by atoms with Crippen molar-refractivity contribution >= 4 is 0 Å². The maximum absolute atomic E-state index is 2.33. The van der Waals surface area contributed by atoms with Crippen LogP contribution >= 0.6 is 0 Å². The first-order valence-corrected chi connectivity index (χ1v) is 4.61. The van der Waals surface area contributed by atoms with Crippen molar-refractivity contribution in [1.82, 2.24) is 0 Å². The van der Waals surface area contributed by atoms with Gasteiger partial charge in [-0.3, -0.25) is 0 Å². The fraction of sp³-hybridized carbons (Fsp3) is 0.333. The standard InChI is InChI=1S/C12H14/c1-2-4-8-12(9-5-3-1)10-6-7-11-12/h1-2,5-7,9-11H,3-4,8H2. The summed E-state index contributed by atoms with van der Waals surface area (Å²) in [7, 11) is 0. The second-order valence-electron chi connectivity index (χ2n) is 3.48. The minimum atomic E-state index is 0.255. The molecule has 0 saturated carbocycles. The van der Waals surface area contributed by atoms with Gasteiger partial charge in [0, 0.05) is 5.41 Å². The van der Waals surface area contributed by atoms with Crippen LogP contribution in [-0.4, -0.2) is 0 Å². The van der Waals surface area contributed by atoms with E-state index in [-0.39, 0.29) is 5.41 Å². The van der Waals surface area contributed by atoms with Crippen LogP contribution in [0.5, 0.6) is 0 Å². The molecular weight excluding hydrogens is 144 g/mol. The van der Waals surface area contributed by atoms with Crippen molar-refractivity contribution in [2.45, 2.75) is 19.3 Å². The number of rotatable bonds is 0. The van der Waals surface area contributed by atoms with Gasteiger partial charge in [-0.15, -0.1) is 0 Å².